The van der Waals surface area contributed by atoms with E-state index in [1.165, 1.54) is 11.3 Å². The first-order chi connectivity index (χ1) is 13.3. The predicted octanol–water partition coefficient (Wildman–Crippen LogP) is 2.20. The van der Waals surface area contributed by atoms with E-state index in [1.807, 2.05) is 44.2 Å². The summed E-state index contributed by atoms with van der Waals surface area (Å²) in [6.45, 7) is 4.82. The average molecular weight is 416 g/mol. The molecule has 1 aliphatic rings. The zero-order valence-electron chi connectivity index (χ0n) is 15.6. The number of ether oxygens (including phenoxy) is 1. The molecule has 3 aromatic rings. The molecule has 1 aromatic carbocycles. The topological polar surface area (TPSA) is 84.2 Å². The van der Waals surface area contributed by atoms with Crippen molar-refractivity contribution >= 4 is 39.3 Å². The molecule has 0 aliphatic carbocycles. The van der Waals surface area contributed by atoms with Gasteiger partial charge < -0.3 is 14.6 Å². The maximum absolute atomic E-state index is 13.5. The molecule has 8 heteroatoms. The molecule has 28 heavy (non-hydrogen) atoms. The molecular weight excluding hydrogens is 396 g/mol. The van der Waals surface area contributed by atoms with Crippen molar-refractivity contribution in [2.75, 3.05) is 5.75 Å². The number of thiophene rings is 1. The molecule has 4 rings (SSSR count). The second-order valence-electron chi connectivity index (χ2n) is 7.34. The normalized spacial score (nSPS) is 15.5. The second kappa shape index (κ2) is 7.35. The number of carboxylic acids is 1. The maximum Gasteiger partial charge on any atom is 0.263 e. The molecule has 0 saturated heterocycles. The van der Waals surface area contributed by atoms with Gasteiger partial charge in [0.05, 0.1) is 30.1 Å². The van der Waals surface area contributed by atoms with Crippen molar-refractivity contribution in [3.63, 3.8) is 0 Å². The minimum Gasteiger partial charge on any atom is -0.549 e. The van der Waals surface area contributed by atoms with Gasteiger partial charge in [0.25, 0.3) is 5.56 Å². The Morgan fingerprint density at radius 1 is 1.36 bits per heavy atom. The van der Waals surface area contributed by atoms with E-state index in [0.717, 1.165) is 27.8 Å². The number of hydrogen-bond donors (Lipinski definition) is 0. The predicted molar refractivity (Wildman–Crippen MR) is 108 cm³/mol. The number of carbonyl (C=O) groups is 1. The highest BCUT2D eigenvalue weighted by molar-refractivity contribution is 7.99. The van der Waals surface area contributed by atoms with E-state index in [0.29, 0.717) is 34.9 Å². The number of aliphatic carboxylic acids is 1. The summed E-state index contributed by atoms with van der Waals surface area (Å²) in [6, 6.07) is 9.60. The van der Waals surface area contributed by atoms with Crippen LogP contribution in [0.2, 0.25) is 0 Å². The summed E-state index contributed by atoms with van der Waals surface area (Å²) in [4.78, 5) is 30.7. The van der Waals surface area contributed by atoms with Crippen molar-refractivity contribution in [2.45, 2.75) is 44.2 Å². The van der Waals surface area contributed by atoms with E-state index in [2.05, 4.69) is 4.98 Å². The van der Waals surface area contributed by atoms with E-state index in [1.54, 1.807) is 4.57 Å². The van der Waals surface area contributed by atoms with Gasteiger partial charge in [-0.2, -0.15) is 0 Å². The Morgan fingerprint density at radius 3 is 2.82 bits per heavy atom. The van der Waals surface area contributed by atoms with Crippen LogP contribution in [0.4, 0.5) is 0 Å². The van der Waals surface area contributed by atoms with Gasteiger partial charge >= 0.3 is 0 Å². The van der Waals surface area contributed by atoms with Crippen LogP contribution < -0.4 is 10.7 Å². The third kappa shape index (κ3) is 3.72. The minimum atomic E-state index is -1.19. The van der Waals surface area contributed by atoms with Crippen LogP contribution in [0.3, 0.4) is 0 Å². The first-order valence-corrected chi connectivity index (χ1v) is 10.7. The van der Waals surface area contributed by atoms with Gasteiger partial charge in [0.1, 0.15) is 4.83 Å². The van der Waals surface area contributed by atoms with Gasteiger partial charge in [-0.05, 0) is 25.0 Å². The molecule has 0 spiro atoms. The number of hydrogen-bond acceptors (Lipinski definition) is 7. The Morgan fingerprint density at radius 2 is 2.11 bits per heavy atom. The fourth-order valence-electron chi connectivity index (χ4n) is 3.35. The number of rotatable bonds is 5. The van der Waals surface area contributed by atoms with Crippen molar-refractivity contribution in [2.24, 2.45) is 0 Å². The summed E-state index contributed by atoms with van der Waals surface area (Å²) in [5.74, 6) is -1.44. The summed E-state index contributed by atoms with van der Waals surface area (Å²) in [6.07, 6.45) is 0.649. The molecule has 0 saturated carbocycles. The fraction of sp³-hybridized carbons (Fsp3) is 0.350. The molecular formula is C20H19N2O4S2-. The lowest BCUT2D eigenvalue weighted by atomic mass is 9.94. The van der Waals surface area contributed by atoms with Gasteiger partial charge in [-0.3, -0.25) is 9.36 Å². The van der Waals surface area contributed by atoms with Crippen molar-refractivity contribution in [3.05, 3.63) is 56.7 Å². The highest BCUT2D eigenvalue weighted by Crippen LogP contribution is 2.37. The number of benzene rings is 1. The molecule has 0 atom stereocenters. The van der Waals surface area contributed by atoms with Gasteiger partial charge in [0.15, 0.2) is 5.16 Å². The summed E-state index contributed by atoms with van der Waals surface area (Å²) < 4.78 is 7.45. The Labute approximate surface area is 170 Å². The molecule has 3 heterocycles. The number of carboxylic acid groups (broad SMARTS) is 1. The largest absolute Gasteiger partial charge is 0.549 e. The van der Waals surface area contributed by atoms with Crippen LogP contribution in [0.5, 0.6) is 0 Å². The Balaban J connectivity index is 1.88. The lowest BCUT2D eigenvalue weighted by molar-refractivity contribution is -0.301. The van der Waals surface area contributed by atoms with Gasteiger partial charge in [-0.25, -0.2) is 4.98 Å². The molecule has 1 aliphatic heterocycles. The number of thioether (sulfide) groups is 1. The summed E-state index contributed by atoms with van der Waals surface area (Å²) >= 11 is 2.47. The van der Waals surface area contributed by atoms with Crippen molar-refractivity contribution < 1.29 is 14.6 Å². The van der Waals surface area contributed by atoms with Gasteiger partial charge in [0.2, 0.25) is 0 Å². The van der Waals surface area contributed by atoms with Crippen LogP contribution in [-0.4, -0.2) is 26.9 Å². The molecule has 6 nitrogen and oxygen atoms in total. The summed E-state index contributed by atoms with van der Waals surface area (Å²) in [5.41, 5.74) is 1.49. The molecule has 146 valence electrons. The molecule has 0 N–H and O–H groups in total. The van der Waals surface area contributed by atoms with E-state index in [9.17, 15) is 14.7 Å². The fourth-order valence-corrected chi connectivity index (χ4v) is 5.20. The lowest BCUT2D eigenvalue weighted by Gasteiger charge is -2.29. The third-order valence-electron chi connectivity index (χ3n) is 4.66. The Bertz CT molecular complexity index is 1100. The standard InChI is InChI=1S/C20H20N2O4S2/c1-20(2)8-13-14(10-26-20)28-17-16(13)18(25)22(9-12-6-4-3-5-7-12)19(21-17)27-11-15(23)24/h3-7H,8-11H2,1-2H3,(H,23,24)/p-1. The smallest absolute Gasteiger partial charge is 0.263 e. The SMILES string of the molecule is CC1(C)Cc2c(sc3nc(SCC(=O)[O-])n(Cc4ccccc4)c(=O)c23)CO1. The van der Waals surface area contributed by atoms with E-state index in [4.69, 9.17) is 4.74 Å². The van der Waals surface area contributed by atoms with E-state index < -0.39 is 5.97 Å². The quantitative estimate of drug-likeness (QED) is 0.469. The monoisotopic (exact) mass is 415 g/mol. The van der Waals surface area contributed by atoms with Crippen LogP contribution in [-0.2, 0) is 29.1 Å². The van der Waals surface area contributed by atoms with Crippen LogP contribution >= 0.6 is 23.1 Å². The van der Waals surface area contributed by atoms with E-state index >= 15 is 0 Å². The van der Waals surface area contributed by atoms with Gasteiger partial charge in [-0.1, -0.05) is 42.1 Å². The molecule has 0 unspecified atom stereocenters. The molecule has 2 aromatic heterocycles. The molecule has 0 radical (unpaired) electrons. The zero-order chi connectivity index (χ0) is 19.9. The first-order valence-electron chi connectivity index (χ1n) is 8.90. The highest BCUT2D eigenvalue weighted by atomic mass is 32.2. The minimum absolute atomic E-state index is 0.134. The maximum atomic E-state index is 13.5. The molecule has 0 amide bonds. The summed E-state index contributed by atoms with van der Waals surface area (Å²) in [7, 11) is 0. The van der Waals surface area contributed by atoms with E-state index in [-0.39, 0.29) is 16.9 Å². The van der Waals surface area contributed by atoms with Crippen LogP contribution in [0, 0.1) is 0 Å². The molecule has 0 fully saturated rings. The Hall–Kier alpha value is -2.16. The number of nitrogens with zero attached hydrogens (tertiary/aromatic N) is 2. The van der Waals surface area contributed by atoms with Crippen molar-refractivity contribution in [1.29, 1.82) is 0 Å². The average Bonchev–Trinajstić information content (AvgIpc) is 3.00. The van der Waals surface area contributed by atoms with Crippen molar-refractivity contribution in [3.8, 4) is 0 Å². The van der Waals surface area contributed by atoms with Gasteiger partial charge in [0, 0.05) is 17.1 Å². The number of carbonyl (C=O) groups excluding carboxylic acids is 1. The van der Waals surface area contributed by atoms with Crippen LogP contribution in [0.1, 0.15) is 29.9 Å². The molecule has 0 bridgehead atoms. The number of fused-ring (bicyclic) bond motifs is 3. The van der Waals surface area contributed by atoms with Gasteiger partial charge in [-0.15, -0.1) is 11.3 Å². The van der Waals surface area contributed by atoms with Crippen LogP contribution in [0.15, 0.2) is 40.3 Å². The first kappa shape index (κ1) is 19.2. The highest BCUT2D eigenvalue weighted by Gasteiger charge is 2.31. The van der Waals surface area contributed by atoms with Crippen molar-refractivity contribution in [1.82, 2.24) is 9.55 Å². The van der Waals surface area contributed by atoms with Crippen LogP contribution in [0.25, 0.3) is 10.2 Å². The summed E-state index contributed by atoms with van der Waals surface area (Å²) in [5, 5.41) is 12.0. The number of aromatic nitrogens is 2. The zero-order valence-corrected chi connectivity index (χ0v) is 17.2. The third-order valence-corrected chi connectivity index (χ3v) is 6.71. The Kier molecular flexibility index (Phi) is 5.03. The lowest BCUT2D eigenvalue weighted by Crippen LogP contribution is -2.32. The second-order valence-corrected chi connectivity index (χ2v) is 9.37.